The van der Waals surface area contributed by atoms with E-state index in [0.29, 0.717) is 38.1 Å². The molecule has 2 aromatic rings. The van der Waals surface area contributed by atoms with Crippen molar-refractivity contribution in [1.82, 2.24) is 9.80 Å². The maximum absolute atomic E-state index is 13.6. The van der Waals surface area contributed by atoms with Gasteiger partial charge in [-0.2, -0.15) is 0 Å². The molecule has 2 amide bonds. The van der Waals surface area contributed by atoms with E-state index in [1.54, 1.807) is 0 Å². The molecule has 36 heavy (non-hydrogen) atoms. The molecule has 3 rings (SSSR count). The summed E-state index contributed by atoms with van der Waals surface area (Å²) in [6, 6.07) is 12.0. The molecule has 2 atom stereocenters. The third-order valence-corrected chi connectivity index (χ3v) is 6.66. The lowest BCUT2D eigenvalue weighted by atomic mass is 10.0. The summed E-state index contributed by atoms with van der Waals surface area (Å²) in [5.74, 6) is -0.625. The zero-order chi connectivity index (χ0) is 26.2. The fourth-order valence-corrected chi connectivity index (χ4v) is 4.69. The molecule has 8 nitrogen and oxygen atoms in total. The second-order valence-corrected chi connectivity index (χ2v) is 8.96. The lowest BCUT2D eigenvalue weighted by molar-refractivity contribution is -0.143. The molecule has 0 bridgehead atoms. The predicted molar refractivity (Wildman–Crippen MR) is 137 cm³/mol. The molecule has 0 N–H and O–H groups in total. The van der Waals surface area contributed by atoms with Crippen LogP contribution in [0.3, 0.4) is 0 Å². The average Bonchev–Trinajstić information content (AvgIpc) is 3.02. The van der Waals surface area contributed by atoms with Crippen molar-refractivity contribution in [3.63, 3.8) is 0 Å². The predicted octanol–water partition coefficient (Wildman–Crippen LogP) is 3.76. The van der Waals surface area contributed by atoms with E-state index >= 15 is 0 Å². The van der Waals surface area contributed by atoms with E-state index in [1.165, 1.54) is 38.4 Å². The van der Waals surface area contributed by atoms with E-state index in [-0.39, 0.29) is 29.0 Å². The third kappa shape index (κ3) is 5.80. The van der Waals surface area contributed by atoms with Crippen molar-refractivity contribution in [2.75, 3.05) is 34.4 Å². The number of Topliss-reactive ketones (excluding diaryl/α,β-unsaturated/α-hetero) is 1. The standard InChI is InChI=1S/C28H36N2O6/c1-6-10-22-27(32)29(16-14-20-11-8-7-9-12-20)15-13-19(2)30(22)28(33)25(31)21-17-23(34-3)26(36-5)24(18-21)35-4/h7-9,11-12,17-19,22H,6,10,13-16H2,1-5H3. The Morgan fingerprint density at radius 1 is 1.00 bits per heavy atom. The SMILES string of the molecule is CCCC1C(=O)N(CCc2ccccc2)CCC(C)N1C(=O)C(=O)c1cc(OC)c(OC)c(OC)c1. The minimum atomic E-state index is -0.715. The van der Waals surface area contributed by atoms with Gasteiger partial charge in [0.15, 0.2) is 11.5 Å². The molecule has 1 heterocycles. The van der Waals surface area contributed by atoms with Gasteiger partial charge < -0.3 is 24.0 Å². The Labute approximate surface area is 213 Å². The summed E-state index contributed by atoms with van der Waals surface area (Å²) in [4.78, 5) is 44.0. The normalized spacial score (nSPS) is 18.0. The van der Waals surface area contributed by atoms with E-state index in [9.17, 15) is 14.4 Å². The van der Waals surface area contributed by atoms with E-state index in [0.717, 1.165) is 12.0 Å². The van der Waals surface area contributed by atoms with Crippen LogP contribution in [0.2, 0.25) is 0 Å². The first-order valence-corrected chi connectivity index (χ1v) is 12.4. The van der Waals surface area contributed by atoms with Crippen molar-refractivity contribution in [2.45, 2.75) is 51.6 Å². The molecule has 2 aromatic carbocycles. The molecule has 2 unspecified atom stereocenters. The third-order valence-electron chi connectivity index (χ3n) is 6.66. The van der Waals surface area contributed by atoms with E-state index in [2.05, 4.69) is 0 Å². The largest absolute Gasteiger partial charge is 0.493 e. The molecule has 1 aliphatic heterocycles. The molecule has 194 valence electrons. The summed E-state index contributed by atoms with van der Waals surface area (Å²) >= 11 is 0. The van der Waals surface area contributed by atoms with Crippen LogP contribution in [0.4, 0.5) is 0 Å². The summed E-state index contributed by atoms with van der Waals surface area (Å²) in [7, 11) is 4.37. The number of methoxy groups -OCH3 is 3. The number of nitrogens with zero attached hydrogens (tertiary/aromatic N) is 2. The van der Waals surface area contributed by atoms with Gasteiger partial charge in [0.05, 0.1) is 21.3 Å². The average molecular weight is 497 g/mol. The Balaban J connectivity index is 1.88. The van der Waals surface area contributed by atoms with Crippen molar-refractivity contribution in [1.29, 1.82) is 0 Å². The van der Waals surface area contributed by atoms with Crippen molar-refractivity contribution in [3.8, 4) is 17.2 Å². The first-order chi connectivity index (χ1) is 17.4. The molecular weight excluding hydrogens is 460 g/mol. The summed E-state index contributed by atoms with van der Waals surface area (Å²) in [5.41, 5.74) is 1.27. The number of carbonyl (C=O) groups is 3. The highest BCUT2D eigenvalue weighted by Crippen LogP contribution is 2.38. The van der Waals surface area contributed by atoms with Gasteiger partial charge in [-0.15, -0.1) is 0 Å². The molecule has 0 saturated carbocycles. The van der Waals surface area contributed by atoms with Gasteiger partial charge in [0.2, 0.25) is 11.7 Å². The van der Waals surface area contributed by atoms with Crippen LogP contribution in [0.1, 0.15) is 49.0 Å². The van der Waals surface area contributed by atoms with Gasteiger partial charge in [-0.25, -0.2) is 0 Å². The van der Waals surface area contributed by atoms with Crippen LogP contribution in [0, 0.1) is 0 Å². The molecule has 1 aliphatic rings. The van der Waals surface area contributed by atoms with Crippen LogP contribution in [-0.2, 0) is 16.0 Å². The molecule has 8 heteroatoms. The number of carbonyl (C=O) groups excluding carboxylic acids is 3. The lowest BCUT2D eigenvalue weighted by Crippen LogP contribution is -2.53. The zero-order valence-corrected chi connectivity index (χ0v) is 21.8. The molecule has 0 aliphatic carbocycles. The van der Waals surface area contributed by atoms with Gasteiger partial charge >= 0.3 is 0 Å². The molecule has 1 saturated heterocycles. The fraction of sp³-hybridized carbons (Fsp3) is 0.464. The number of ketones is 1. The molecule has 0 radical (unpaired) electrons. The number of ether oxygens (including phenoxy) is 3. The monoisotopic (exact) mass is 496 g/mol. The highest BCUT2D eigenvalue weighted by atomic mass is 16.5. The Morgan fingerprint density at radius 2 is 1.64 bits per heavy atom. The number of rotatable bonds is 10. The number of hydrogen-bond acceptors (Lipinski definition) is 6. The summed E-state index contributed by atoms with van der Waals surface area (Å²) in [6.07, 6.45) is 2.52. The first-order valence-electron chi connectivity index (χ1n) is 12.4. The van der Waals surface area contributed by atoms with Gasteiger partial charge in [0, 0.05) is 24.7 Å². The number of amides is 2. The maximum Gasteiger partial charge on any atom is 0.295 e. The van der Waals surface area contributed by atoms with Crippen LogP contribution in [0.25, 0.3) is 0 Å². The van der Waals surface area contributed by atoms with Gasteiger partial charge in [0.1, 0.15) is 6.04 Å². The van der Waals surface area contributed by atoms with Crippen molar-refractivity contribution >= 4 is 17.6 Å². The Morgan fingerprint density at radius 3 is 2.19 bits per heavy atom. The van der Waals surface area contributed by atoms with Crippen LogP contribution in [0.15, 0.2) is 42.5 Å². The van der Waals surface area contributed by atoms with Gasteiger partial charge in [-0.3, -0.25) is 14.4 Å². The maximum atomic E-state index is 13.6. The smallest absolute Gasteiger partial charge is 0.295 e. The van der Waals surface area contributed by atoms with Crippen LogP contribution >= 0.6 is 0 Å². The fourth-order valence-electron chi connectivity index (χ4n) is 4.69. The number of hydrogen-bond donors (Lipinski definition) is 0. The van der Waals surface area contributed by atoms with Crippen molar-refractivity contribution in [3.05, 3.63) is 53.6 Å². The Bertz CT molecular complexity index is 1050. The van der Waals surface area contributed by atoms with Gasteiger partial charge in [0.25, 0.3) is 11.7 Å². The van der Waals surface area contributed by atoms with Crippen LogP contribution < -0.4 is 14.2 Å². The van der Waals surface area contributed by atoms with Gasteiger partial charge in [-0.1, -0.05) is 43.7 Å². The highest BCUT2D eigenvalue weighted by Gasteiger charge is 2.40. The summed E-state index contributed by atoms with van der Waals surface area (Å²) < 4.78 is 16.0. The lowest BCUT2D eigenvalue weighted by Gasteiger charge is -2.33. The van der Waals surface area contributed by atoms with E-state index in [1.807, 2.05) is 49.1 Å². The molecular formula is C28H36N2O6. The van der Waals surface area contributed by atoms with Gasteiger partial charge in [-0.05, 0) is 43.9 Å². The number of benzene rings is 2. The Kier molecular flexibility index (Phi) is 9.33. The van der Waals surface area contributed by atoms with E-state index < -0.39 is 17.7 Å². The minimum absolute atomic E-state index is 0.108. The summed E-state index contributed by atoms with van der Waals surface area (Å²) in [5, 5.41) is 0. The first kappa shape index (κ1) is 27.0. The molecule has 0 spiro atoms. The Hall–Kier alpha value is -3.55. The highest BCUT2D eigenvalue weighted by molar-refractivity contribution is 6.43. The second-order valence-electron chi connectivity index (χ2n) is 8.96. The zero-order valence-electron chi connectivity index (χ0n) is 21.8. The minimum Gasteiger partial charge on any atom is -0.493 e. The van der Waals surface area contributed by atoms with Crippen LogP contribution in [-0.4, -0.2) is 73.9 Å². The molecule has 0 aromatic heterocycles. The topological polar surface area (TPSA) is 85.4 Å². The molecule has 1 fully saturated rings. The second kappa shape index (κ2) is 12.4. The van der Waals surface area contributed by atoms with E-state index in [4.69, 9.17) is 14.2 Å². The van der Waals surface area contributed by atoms with Crippen molar-refractivity contribution < 1.29 is 28.6 Å². The quantitative estimate of drug-likeness (QED) is 0.368. The summed E-state index contributed by atoms with van der Waals surface area (Å²) in [6.45, 7) is 4.98. The van der Waals surface area contributed by atoms with Crippen LogP contribution in [0.5, 0.6) is 17.2 Å². The van der Waals surface area contributed by atoms with Crippen molar-refractivity contribution in [2.24, 2.45) is 0 Å².